The Hall–Kier alpha value is -2.21. The zero-order valence-electron chi connectivity index (χ0n) is 13.3. The van der Waals surface area contributed by atoms with E-state index in [4.69, 9.17) is 0 Å². The van der Waals surface area contributed by atoms with Gasteiger partial charge in [-0.05, 0) is 30.5 Å². The fourth-order valence-electron chi connectivity index (χ4n) is 3.42. The first-order valence-electron chi connectivity index (χ1n) is 8.38. The number of aromatic nitrogens is 1. The van der Waals surface area contributed by atoms with E-state index in [1.54, 1.807) is 0 Å². The van der Waals surface area contributed by atoms with Crippen LogP contribution in [0.25, 0.3) is 11.3 Å². The van der Waals surface area contributed by atoms with E-state index < -0.39 is 0 Å². The lowest BCUT2D eigenvalue weighted by Gasteiger charge is -2.19. The summed E-state index contributed by atoms with van der Waals surface area (Å²) in [7, 11) is 0. The fourth-order valence-corrected chi connectivity index (χ4v) is 4.15. The summed E-state index contributed by atoms with van der Waals surface area (Å²) >= 11 is 1.44. The molecule has 0 atom stereocenters. The number of carbonyl (C=O) groups is 2. The molecule has 0 spiro atoms. The zero-order chi connectivity index (χ0) is 16.5. The second-order valence-corrected chi connectivity index (χ2v) is 7.32. The van der Waals surface area contributed by atoms with Crippen LogP contribution in [0.15, 0.2) is 23.6 Å². The number of rotatable bonds is 3. The van der Waals surface area contributed by atoms with Gasteiger partial charge in [-0.15, -0.1) is 11.3 Å². The molecule has 6 heteroatoms. The number of anilines is 2. The third-order valence-corrected chi connectivity index (χ3v) is 5.49. The monoisotopic (exact) mass is 341 g/mol. The molecule has 1 aromatic carbocycles. The summed E-state index contributed by atoms with van der Waals surface area (Å²) < 4.78 is 0. The highest BCUT2D eigenvalue weighted by molar-refractivity contribution is 7.14. The summed E-state index contributed by atoms with van der Waals surface area (Å²) in [5.41, 5.74) is 3.68. The van der Waals surface area contributed by atoms with Gasteiger partial charge in [-0.2, -0.15) is 0 Å². The highest BCUT2D eigenvalue weighted by Crippen LogP contribution is 2.31. The Kier molecular flexibility index (Phi) is 4.06. The van der Waals surface area contributed by atoms with Crippen molar-refractivity contribution in [3.05, 3.63) is 29.1 Å². The lowest BCUT2D eigenvalue weighted by Crippen LogP contribution is -2.24. The van der Waals surface area contributed by atoms with Gasteiger partial charge in [0.25, 0.3) is 0 Å². The summed E-state index contributed by atoms with van der Waals surface area (Å²) in [6.45, 7) is 0. The minimum Gasteiger partial charge on any atom is -0.326 e. The number of fused-ring (bicyclic) bond motifs is 1. The molecule has 1 aromatic heterocycles. The zero-order valence-corrected chi connectivity index (χ0v) is 14.1. The molecular weight excluding hydrogens is 322 g/mol. The maximum absolute atomic E-state index is 12.3. The van der Waals surface area contributed by atoms with Crippen LogP contribution < -0.4 is 10.6 Å². The standard InChI is InChI=1S/C18H19N3O2S/c22-16-9-13-8-12(6-7-14(13)19-16)15-10-24-18(20-15)21-17(23)11-4-2-1-3-5-11/h6-8,10-11H,1-5,9H2,(H,19,22)(H,20,21,23). The minimum absolute atomic E-state index is 0.0286. The van der Waals surface area contributed by atoms with E-state index in [0.717, 1.165) is 48.2 Å². The summed E-state index contributed by atoms with van der Waals surface area (Å²) in [5, 5.41) is 8.39. The molecule has 124 valence electrons. The van der Waals surface area contributed by atoms with Gasteiger partial charge in [0.15, 0.2) is 5.13 Å². The summed E-state index contributed by atoms with van der Waals surface area (Å²) in [5.74, 6) is 0.253. The molecule has 1 aliphatic heterocycles. The molecule has 1 saturated carbocycles. The van der Waals surface area contributed by atoms with Crippen LogP contribution in [0, 0.1) is 5.92 Å². The average molecular weight is 341 g/mol. The molecule has 2 heterocycles. The van der Waals surface area contributed by atoms with Gasteiger partial charge < -0.3 is 10.6 Å². The van der Waals surface area contributed by atoms with E-state index in [-0.39, 0.29) is 17.7 Å². The third kappa shape index (κ3) is 3.06. The maximum atomic E-state index is 12.3. The lowest BCUT2D eigenvalue weighted by molar-refractivity contribution is -0.120. The molecule has 0 bridgehead atoms. The van der Waals surface area contributed by atoms with Crippen LogP contribution in [0.5, 0.6) is 0 Å². The molecule has 0 saturated heterocycles. The number of nitrogens with one attached hydrogen (secondary N) is 2. The summed E-state index contributed by atoms with van der Waals surface area (Å²) in [4.78, 5) is 28.3. The fraction of sp³-hybridized carbons (Fsp3) is 0.389. The second-order valence-electron chi connectivity index (χ2n) is 6.46. The highest BCUT2D eigenvalue weighted by Gasteiger charge is 2.22. The molecule has 0 radical (unpaired) electrons. The molecule has 2 N–H and O–H groups in total. The van der Waals surface area contributed by atoms with Gasteiger partial charge in [0.2, 0.25) is 11.8 Å². The maximum Gasteiger partial charge on any atom is 0.229 e. The van der Waals surface area contributed by atoms with Gasteiger partial charge in [0.05, 0.1) is 12.1 Å². The van der Waals surface area contributed by atoms with E-state index in [2.05, 4.69) is 15.6 Å². The largest absolute Gasteiger partial charge is 0.326 e. The van der Waals surface area contributed by atoms with Crippen molar-refractivity contribution in [2.24, 2.45) is 5.92 Å². The Bertz CT molecular complexity index is 793. The second kappa shape index (κ2) is 6.36. The Labute approximate surface area is 144 Å². The van der Waals surface area contributed by atoms with Gasteiger partial charge in [0.1, 0.15) is 0 Å². The molecule has 4 rings (SSSR count). The molecule has 1 fully saturated rings. The van der Waals surface area contributed by atoms with Gasteiger partial charge in [-0.25, -0.2) is 4.98 Å². The Morgan fingerprint density at radius 3 is 2.92 bits per heavy atom. The number of thiazole rings is 1. The van der Waals surface area contributed by atoms with Crippen molar-refractivity contribution in [3.63, 3.8) is 0 Å². The van der Waals surface area contributed by atoms with Gasteiger partial charge in [-0.3, -0.25) is 9.59 Å². The third-order valence-electron chi connectivity index (χ3n) is 4.74. The molecule has 2 aliphatic rings. The smallest absolute Gasteiger partial charge is 0.229 e. The SMILES string of the molecule is O=C1Cc2cc(-c3csc(NC(=O)C4CCCCC4)n3)ccc2N1. The van der Waals surface area contributed by atoms with Crippen molar-refractivity contribution in [2.45, 2.75) is 38.5 Å². The van der Waals surface area contributed by atoms with Crippen molar-refractivity contribution in [1.29, 1.82) is 0 Å². The van der Waals surface area contributed by atoms with Crippen molar-refractivity contribution < 1.29 is 9.59 Å². The Morgan fingerprint density at radius 1 is 1.25 bits per heavy atom. The Balaban J connectivity index is 1.48. The van der Waals surface area contributed by atoms with Crippen molar-refractivity contribution in [2.75, 3.05) is 10.6 Å². The van der Waals surface area contributed by atoms with Gasteiger partial charge in [-0.1, -0.05) is 25.3 Å². The summed E-state index contributed by atoms with van der Waals surface area (Å²) in [6.07, 6.45) is 5.90. The van der Waals surface area contributed by atoms with Crippen LogP contribution in [0.2, 0.25) is 0 Å². The van der Waals surface area contributed by atoms with Crippen LogP contribution in [0.1, 0.15) is 37.7 Å². The van der Waals surface area contributed by atoms with Crippen molar-refractivity contribution >= 4 is 34.0 Å². The van der Waals surface area contributed by atoms with E-state index in [1.807, 2.05) is 23.6 Å². The minimum atomic E-state index is 0.0286. The molecule has 2 aromatic rings. The van der Waals surface area contributed by atoms with E-state index >= 15 is 0 Å². The van der Waals surface area contributed by atoms with E-state index in [1.165, 1.54) is 17.8 Å². The molecule has 5 nitrogen and oxygen atoms in total. The van der Waals surface area contributed by atoms with Crippen LogP contribution in [0.3, 0.4) is 0 Å². The lowest BCUT2D eigenvalue weighted by atomic mass is 9.89. The normalized spacial score (nSPS) is 17.4. The number of nitrogens with zero attached hydrogens (tertiary/aromatic N) is 1. The number of benzene rings is 1. The van der Waals surface area contributed by atoms with Crippen LogP contribution in [-0.4, -0.2) is 16.8 Å². The molecule has 24 heavy (non-hydrogen) atoms. The van der Waals surface area contributed by atoms with Gasteiger partial charge in [0, 0.05) is 22.5 Å². The topological polar surface area (TPSA) is 71.1 Å². The first kappa shape index (κ1) is 15.3. The highest BCUT2D eigenvalue weighted by atomic mass is 32.1. The number of hydrogen-bond acceptors (Lipinski definition) is 4. The summed E-state index contributed by atoms with van der Waals surface area (Å²) in [6, 6.07) is 5.86. The first-order valence-corrected chi connectivity index (χ1v) is 9.26. The Morgan fingerprint density at radius 2 is 2.08 bits per heavy atom. The number of amides is 2. The number of hydrogen-bond donors (Lipinski definition) is 2. The predicted octanol–water partition coefficient (Wildman–Crippen LogP) is 3.82. The average Bonchev–Trinajstić information content (AvgIpc) is 3.20. The number of carbonyl (C=O) groups excluding carboxylic acids is 2. The first-order chi connectivity index (χ1) is 11.7. The van der Waals surface area contributed by atoms with E-state index in [9.17, 15) is 9.59 Å². The van der Waals surface area contributed by atoms with Crippen LogP contribution >= 0.6 is 11.3 Å². The molecule has 1 aliphatic carbocycles. The quantitative estimate of drug-likeness (QED) is 0.891. The van der Waals surface area contributed by atoms with Crippen LogP contribution in [-0.2, 0) is 16.0 Å². The molecular formula is C18H19N3O2S. The van der Waals surface area contributed by atoms with Crippen molar-refractivity contribution in [1.82, 2.24) is 4.98 Å². The van der Waals surface area contributed by atoms with Crippen LogP contribution in [0.4, 0.5) is 10.8 Å². The van der Waals surface area contributed by atoms with E-state index in [0.29, 0.717) is 11.6 Å². The molecule has 2 amide bonds. The molecule has 0 unspecified atom stereocenters. The predicted molar refractivity (Wildman–Crippen MR) is 95.1 cm³/mol. The van der Waals surface area contributed by atoms with Crippen molar-refractivity contribution in [3.8, 4) is 11.3 Å². The van der Waals surface area contributed by atoms with Gasteiger partial charge >= 0.3 is 0 Å².